The van der Waals surface area contributed by atoms with Crippen LogP contribution in [0.5, 0.6) is 0 Å². The highest BCUT2D eigenvalue weighted by Gasteiger charge is 2.28. The molecule has 1 fully saturated rings. The Morgan fingerprint density at radius 1 is 1.09 bits per heavy atom. The van der Waals surface area contributed by atoms with E-state index in [1.165, 1.54) is 4.57 Å². The largest absolute Gasteiger partial charge is 0.370 e. The number of nitrogens with zero attached hydrogens (tertiary/aromatic N) is 6. The van der Waals surface area contributed by atoms with Gasteiger partial charge in [-0.1, -0.05) is 11.6 Å². The van der Waals surface area contributed by atoms with Crippen molar-refractivity contribution in [2.45, 2.75) is 20.0 Å². The number of hydrogen-bond donors (Lipinski definition) is 0. The molecule has 35 heavy (non-hydrogen) atoms. The summed E-state index contributed by atoms with van der Waals surface area (Å²) in [5.74, 6) is -1.31. The monoisotopic (exact) mass is 498 g/mol. The highest BCUT2D eigenvalue weighted by molar-refractivity contribution is 6.30. The summed E-state index contributed by atoms with van der Waals surface area (Å²) in [6.45, 7) is 4.69. The average molecular weight is 499 g/mol. The molecule has 1 saturated heterocycles. The van der Waals surface area contributed by atoms with Crippen LogP contribution in [0, 0.1) is 25.5 Å². The van der Waals surface area contributed by atoms with Gasteiger partial charge in [0.15, 0.2) is 5.52 Å². The number of pyridine rings is 1. The minimum absolute atomic E-state index is 0.0176. The molecule has 0 bridgehead atoms. The maximum absolute atomic E-state index is 15.0. The van der Waals surface area contributed by atoms with Crippen LogP contribution in [0.15, 0.2) is 35.3 Å². The highest BCUT2D eigenvalue weighted by atomic mass is 35.5. The molecule has 8 nitrogen and oxygen atoms in total. The van der Waals surface area contributed by atoms with Gasteiger partial charge in [0, 0.05) is 30.5 Å². The molecule has 1 aliphatic heterocycles. The summed E-state index contributed by atoms with van der Waals surface area (Å²) < 4.78 is 37.2. The Kier molecular flexibility index (Phi) is 5.94. The summed E-state index contributed by atoms with van der Waals surface area (Å²) in [6, 6.07) is 5.80. The van der Waals surface area contributed by atoms with E-state index in [-0.39, 0.29) is 33.8 Å². The van der Waals surface area contributed by atoms with Gasteiger partial charge in [0.25, 0.3) is 5.56 Å². The van der Waals surface area contributed by atoms with Gasteiger partial charge in [-0.25, -0.2) is 23.7 Å². The minimum atomic E-state index is -0.909. The molecule has 0 N–H and O–H groups in total. The van der Waals surface area contributed by atoms with Crippen LogP contribution in [-0.4, -0.2) is 44.2 Å². The van der Waals surface area contributed by atoms with E-state index in [1.807, 2.05) is 24.0 Å². The summed E-state index contributed by atoms with van der Waals surface area (Å²) in [5, 5.41) is -0.0916. The number of morpholine rings is 1. The van der Waals surface area contributed by atoms with Crippen molar-refractivity contribution < 1.29 is 13.5 Å². The van der Waals surface area contributed by atoms with Gasteiger partial charge < -0.3 is 9.64 Å². The Labute approximate surface area is 204 Å². The number of ether oxygens (including phenoxy) is 1. The average Bonchev–Trinajstić information content (AvgIpc) is 2.82. The van der Waals surface area contributed by atoms with Crippen molar-refractivity contribution in [3.8, 4) is 11.3 Å². The van der Waals surface area contributed by atoms with Crippen molar-refractivity contribution in [3.63, 3.8) is 0 Å². The number of rotatable bonds is 3. The molecule has 0 radical (unpaired) electrons. The number of halogens is 3. The van der Waals surface area contributed by atoms with E-state index >= 15 is 0 Å². The lowest BCUT2D eigenvalue weighted by molar-refractivity contribution is 0.0391. The fourth-order valence-electron chi connectivity index (χ4n) is 4.13. The lowest BCUT2D eigenvalue weighted by Crippen LogP contribution is -2.39. The third-order valence-electron chi connectivity index (χ3n) is 6.02. The molecular weight excluding hydrogens is 478 g/mol. The SMILES string of the molecule is Cc1cc([C@H]2CN(c3nc(-c4c(F)cc(Cl)cc4F)c4nc(C)n(C)c(=O)c4n3)CCO2)ccn1. The molecule has 1 atom stereocenters. The molecule has 180 valence electrons. The van der Waals surface area contributed by atoms with Crippen molar-refractivity contribution in [1.29, 1.82) is 0 Å². The molecule has 11 heteroatoms. The van der Waals surface area contributed by atoms with E-state index < -0.39 is 22.8 Å². The maximum atomic E-state index is 15.0. The van der Waals surface area contributed by atoms with Gasteiger partial charge in [-0.15, -0.1) is 0 Å². The van der Waals surface area contributed by atoms with Crippen LogP contribution in [0.25, 0.3) is 22.3 Å². The number of aromatic nitrogens is 5. The van der Waals surface area contributed by atoms with Crippen molar-refractivity contribution >= 4 is 28.6 Å². The van der Waals surface area contributed by atoms with E-state index in [2.05, 4.69) is 19.9 Å². The second-order valence-electron chi connectivity index (χ2n) is 8.37. The number of fused-ring (bicyclic) bond motifs is 1. The second-order valence-corrected chi connectivity index (χ2v) is 8.81. The Bertz CT molecular complexity index is 1500. The van der Waals surface area contributed by atoms with Crippen LogP contribution in [0.2, 0.25) is 5.02 Å². The van der Waals surface area contributed by atoms with Crippen LogP contribution in [0.3, 0.4) is 0 Å². The molecule has 5 rings (SSSR count). The van der Waals surface area contributed by atoms with Crippen molar-refractivity contribution in [3.05, 3.63) is 74.6 Å². The van der Waals surface area contributed by atoms with E-state index in [1.54, 1.807) is 20.2 Å². The summed E-state index contributed by atoms with van der Waals surface area (Å²) >= 11 is 5.83. The molecule has 1 aliphatic rings. The topological polar surface area (TPSA) is 86.0 Å². The number of hydrogen-bond acceptors (Lipinski definition) is 7. The zero-order valence-electron chi connectivity index (χ0n) is 19.2. The van der Waals surface area contributed by atoms with Crippen LogP contribution in [0.1, 0.15) is 23.2 Å². The van der Waals surface area contributed by atoms with Crippen molar-refractivity contribution in [2.75, 3.05) is 24.6 Å². The molecule has 1 aromatic carbocycles. The molecule has 0 unspecified atom stereocenters. The van der Waals surface area contributed by atoms with Crippen LogP contribution >= 0.6 is 11.6 Å². The Hall–Kier alpha value is -3.50. The van der Waals surface area contributed by atoms with Gasteiger partial charge in [0.05, 0.1) is 18.7 Å². The smallest absolute Gasteiger partial charge is 0.279 e. The highest BCUT2D eigenvalue weighted by Crippen LogP contribution is 2.33. The van der Waals surface area contributed by atoms with E-state index in [0.29, 0.717) is 25.5 Å². The third-order valence-corrected chi connectivity index (χ3v) is 6.24. The van der Waals surface area contributed by atoms with Crippen LogP contribution in [0.4, 0.5) is 14.7 Å². The Morgan fingerprint density at radius 3 is 2.54 bits per heavy atom. The van der Waals surface area contributed by atoms with Crippen molar-refractivity contribution in [2.24, 2.45) is 7.05 Å². The maximum Gasteiger partial charge on any atom is 0.279 e. The Balaban J connectivity index is 1.69. The van der Waals surface area contributed by atoms with E-state index in [0.717, 1.165) is 23.4 Å². The molecular formula is C24H21ClF2N6O2. The zero-order chi connectivity index (χ0) is 24.9. The number of aryl methyl sites for hydroxylation is 2. The quantitative estimate of drug-likeness (QED) is 0.423. The molecule has 0 spiro atoms. The fourth-order valence-corrected chi connectivity index (χ4v) is 4.32. The summed E-state index contributed by atoms with van der Waals surface area (Å²) in [7, 11) is 1.56. The lowest BCUT2D eigenvalue weighted by Gasteiger charge is -2.33. The number of benzene rings is 1. The normalized spacial score (nSPS) is 16.2. The van der Waals surface area contributed by atoms with Crippen molar-refractivity contribution in [1.82, 2.24) is 24.5 Å². The lowest BCUT2D eigenvalue weighted by atomic mass is 10.1. The van der Waals surface area contributed by atoms with E-state index in [4.69, 9.17) is 16.3 Å². The molecule has 3 aromatic heterocycles. The van der Waals surface area contributed by atoms with Gasteiger partial charge in [0.1, 0.15) is 34.8 Å². The first kappa shape index (κ1) is 23.3. The second kappa shape index (κ2) is 8.94. The molecule has 0 aliphatic carbocycles. The summed E-state index contributed by atoms with van der Waals surface area (Å²) in [5.41, 5.74) is 0.802. The summed E-state index contributed by atoms with van der Waals surface area (Å²) in [4.78, 5) is 32.5. The van der Waals surface area contributed by atoms with Crippen LogP contribution in [-0.2, 0) is 11.8 Å². The molecule has 0 amide bonds. The molecule has 0 saturated carbocycles. The summed E-state index contributed by atoms with van der Waals surface area (Å²) in [6.07, 6.45) is 1.41. The van der Waals surface area contributed by atoms with Gasteiger partial charge in [-0.3, -0.25) is 14.3 Å². The first-order valence-electron chi connectivity index (χ1n) is 10.9. The van der Waals surface area contributed by atoms with Gasteiger partial charge >= 0.3 is 0 Å². The van der Waals surface area contributed by atoms with Gasteiger partial charge in [0.2, 0.25) is 5.95 Å². The standard InChI is InChI=1S/C24H21ClF2N6O2/c1-12-8-14(4-5-28-12)18-11-33(6-7-35-18)24-30-20(19-16(26)9-15(25)10-17(19)27)21-22(31-24)23(34)32(3)13(2)29-21/h4-5,8-10,18H,6-7,11H2,1-3H3/t18-/m1/s1. The Morgan fingerprint density at radius 2 is 1.83 bits per heavy atom. The van der Waals surface area contributed by atoms with E-state index in [9.17, 15) is 13.6 Å². The first-order valence-corrected chi connectivity index (χ1v) is 11.3. The van der Waals surface area contributed by atoms with Gasteiger partial charge in [-0.05, 0) is 43.7 Å². The van der Waals surface area contributed by atoms with Gasteiger partial charge in [-0.2, -0.15) is 0 Å². The third kappa shape index (κ3) is 4.23. The predicted molar refractivity (Wildman–Crippen MR) is 128 cm³/mol. The predicted octanol–water partition coefficient (Wildman–Crippen LogP) is 3.91. The molecule has 4 heterocycles. The zero-order valence-corrected chi connectivity index (χ0v) is 20.0. The molecule has 4 aromatic rings. The first-order chi connectivity index (χ1) is 16.7. The number of anilines is 1. The minimum Gasteiger partial charge on any atom is -0.370 e. The fraction of sp³-hybridized carbons (Fsp3) is 0.292. The van der Waals surface area contributed by atoms with Crippen LogP contribution < -0.4 is 10.5 Å².